The fraction of sp³-hybridized carbons (Fsp3) is 0.167. The van der Waals surface area contributed by atoms with Crippen molar-refractivity contribution in [2.75, 3.05) is 11.9 Å². The predicted octanol–water partition coefficient (Wildman–Crippen LogP) is 2.25. The molecule has 126 valence electrons. The van der Waals surface area contributed by atoms with E-state index in [-0.39, 0.29) is 29.1 Å². The topological polar surface area (TPSA) is 84.1 Å². The Balaban J connectivity index is 1.59. The first-order valence-corrected chi connectivity index (χ1v) is 7.80. The summed E-state index contributed by atoms with van der Waals surface area (Å²) in [6.45, 7) is 0.222. The van der Waals surface area contributed by atoms with Crippen molar-refractivity contribution in [3.63, 3.8) is 0 Å². The van der Waals surface area contributed by atoms with Crippen LogP contribution in [0.2, 0.25) is 0 Å². The number of H-pyrrole nitrogens is 1. The summed E-state index contributed by atoms with van der Waals surface area (Å²) in [5.74, 6) is -0.664. The Labute approximate surface area is 141 Å². The number of carbonyl (C=O) groups excluding carboxylic acids is 1. The van der Waals surface area contributed by atoms with Gasteiger partial charge in [-0.3, -0.25) is 9.59 Å². The first-order valence-electron chi connectivity index (χ1n) is 7.80. The van der Waals surface area contributed by atoms with Crippen molar-refractivity contribution in [1.82, 2.24) is 9.97 Å². The van der Waals surface area contributed by atoms with E-state index in [4.69, 9.17) is 4.74 Å². The van der Waals surface area contributed by atoms with E-state index in [0.717, 1.165) is 17.4 Å². The maximum absolute atomic E-state index is 14.2. The standard InChI is InChI=1S/C18H14FN3O3/c19-13-7-14-12(18(24)21-9-20-14)6-15(13)22-17(23)11-5-10-3-1-2-4-16(10)25-8-11/h1-4,6-7,9,11H,5,8H2,(H,22,23)(H,20,21,24). The molecule has 1 aliphatic rings. The van der Waals surface area contributed by atoms with Gasteiger partial charge in [0.25, 0.3) is 5.56 Å². The lowest BCUT2D eigenvalue weighted by Crippen LogP contribution is -2.32. The van der Waals surface area contributed by atoms with Gasteiger partial charge in [-0.15, -0.1) is 0 Å². The lowest BCUT2D eigenvalue weighted by atomic mass is 9.96. The first kappa shape index (κ1) is 15.3. The summed E-state index contributed by atoms with van der Waals surface area (Å²) in [7, 11) is 0. The molecule has 1 amide bonds. The molecule has 1 aromatic heterocycles. The number of hydrogen-bond donors (Lipinski definition) is 2. The highest BCUT2D eigenvalue weighted by atomic mass is 19.1. The number of aromatic nitrogens is 2. The number of carbonyl (C=O) groups is 1. The minimum atomic E-state index is -0.643. The van der Waals surface area contributed by atoms with Gasteiger partial charge in [-0.1, -0.05) is 18.2 Å². The van der Waals surface area contributed by atoms with Crippen LogP contribution in [0.4, 0.5) is 10.1 Å². The van der Waals surface area contributed by atoms with E-state index in [2.05, 4.69) is 15.3 Å². The zero-order valence-corrected chi connectivity index (χ0v) is 13.1. The second-order valence-electron chi connectivity index (χ2n) is 5.89. The number of amides is 1. The number of halogens is 1. The van der Waals surface area contributed by atoms with E-state index in [9.17, 15) is 14.0 Å². The predicted molar refractivity (Wildman–Crippen MR) is 90.1 cm³/mol. The van der Waals surface area contributed by atoms with Crippen molar-refractivity contribution in [2.45, 2.75) is 6.42 Å². The summed E-state index contributed by atoms with van der Waals surface area (Å²) in [6.07, 6.45) is 1.72. The molecule has 2 aromatic carbocycles. The molecule has 0 fully saturated rings. The summed E-state index contributed by atoms with van der Waals surface area (Å²) in [6, 6.07) is 9.93. The molecule has 3 aromatic rings. The number of fused-ring (bicyclic) bond motifs is 2. The monoisotopic (exact) mass is 339 g/mol. The second kappa shape index (κ2) is 6.01. The van der Waals surface area contributed by atoms with Crippen LogP contribution in [0.15, 0.2) is 47.5 Å². The van der Waals surface area contributed by atoms with Crippen LogP contribution in [0.3, 0.4) is 0 Å². The van der Waals surface area contributed by atoms with Crippen molar-refractivity contribution >= 4 is 22.5 Å². The van der Waals surface area contributed by atoms with Crippen LogP contribution in [0.5, 0.6) is 5.75 Å². The molecule has 2 heterocycles. The summed E-state index contributed by atoms with van der Waals surface area (Å²) >= 11 is 0. The van der Waals surface area contributed by atoms with Crippen molar-refractivity contribution in [2.24, 2.45) is 5.92 Å². The second-order valence-corrected chi connectivity index (χ2v) is 5.89. The lowest BCUT2D eigenvalue weighted by molar-refractivity contribution is -0.121. The smallest absolute Gasteiger partial charge is 0.258 e. The van der Waals surface area contributed by atoms with Crippen LogP contribution in [-0.2, 0) is 11.2 Å². The summed E-state index contributed by atoms with van der Waals surface area (Å²) in [5.41, 5.74) is 0.730. The fourth-order valence-electron chi connectivity index (χ4n) is 2.92. The Hall–Kier alpha value is -3.22. The third-order valence-corrected chi connectivity index (χ3v) is 4.24. The lowest BCUT2D eigenvalue weighted by Gasteiger charge is -2.24. The maximum atomic E-state index is 14.2. The molecule has 0 spiro atoms. The van der Waals surface area contributed by atoms with Crippen LogP contribution in [-0.4, -0.2) is 22.5 Å². The highest BCUT2D eigenvalue weighted by Gasteiger charge is 2.26. The van der Waals surface area contributed by atoms with Gasteiger partial charge in [-0.05, 0) is 24.1 Å². The number of benzene rings is 2. The van der Waals surface area contributed by atoms with Crippen LogP contribution < -0.4 is 15.6 Å². The van der Waals surface area contributed by atoms with Crippen molar-refractivity contribution in [3.8, 4) is 5.75 Å². The molecule has 1 atom stereocenters. The Morgan fingerprint density at radius 3 is 3.04 bits per heavy atom. The van der Waals surface area contributed by atoms with Gasteiger partial charge in [0.1, 0.15) is 18.2 Å². The van der Waals surface area contributed by atoms with Crippen LogP contribution in [0.25, 0.3) is 10.9 Å². The SMILES string of the molecule is O=C(Nc1cc2c(=O)[nH]cnc2cc1F)C1COc2ccccc2C1. The van der Waals surface area contributed by atoms with Crippen molar-refractivity contribution in [1.29, 1.82) is 0 Å². The molecule has 6 nitrogen and oxygen atoms in total. The van der Waals surface area contributed by atoms with Crippen LogP contribution in [0, 0.1) is 11.7 Å². The minimum absolute atomic E-state index is 0.0464. The summed E-state index contributed by atoms with van der Waals surface area (Å²) in [5, 5.41) is 2.77. The maximum Gasteiger partial charge on any atom is 0.258 e. The van der Waals surface area contributed by atoms with Crippen LogP contribution in [0.1, 0.15) is 5.56 Å². The molecular formula is C18H14FN3O3. The molecule has 0 aliphatic carbocycles. The third kappa shape index (κ3) is 2.84. The number of nitrogens with one attached hydrogen (secondary N) is 2. The van der Waals surface area contributed by atoms with E-state index >= 15 is 0 Å². The largest absolute Gasteiger partial charge is 0.492 e. The minimum Gasteiger partial charge on any atom is -0.492 e. The fourth-order valence-corrected chi connectivity index (χ4v) is 2.92. The average molecular weight is 339 g/mol. The number of ether oxygens (including phenoxy) is 1. The van der Waals surface area contributed by atoms with Gasteiger partial charge in [0.2, 0.25) is 5.91 Å². The molecule has 7 heteroatoms. The Bertz CT molecular complexity index is 1030. The molecular weight excluding hydrogens is 325 g/mol. The number of aromatic amines is 1. The number of rotatable bonds is 2. The van der Waals surface area contributed by atoms with Gasteiger partial charge in [-0.2, -0.15) is 0 Å². The summed E-state index contributed by atoms with van der Waals surface area (Å²) < 4.78 is 19.8. The number of para-hydroxylation sites is 1. The quantitative estimate of drug-likeness (QED) is 0.750. The third-order valence-electron chi connectivity index (χ3n) is 4.24. The molecule has 0 radical (unpaired) electrons. The average Bonchev–Trinajstić information content (AvgIpc) is 2.62. The molecule has 0 bridgehead atoms. The van der Waals surface area contributed by atoms with Gasteiger partial charge < -0.3 is 15.0 Å². The summed E-state index contributed by atoms with van der Waals surface area (Å²) in [4.78, 5) is 30.6. The Morgan fingerprint density at radius 1 is 1.32 bits per heavy atom. The highest BCUT2D eigenvalue weighted by Crippen LogP contribution is 2.28. The van der Waals surface area contributed by atoms with Crippen molar-refractivity contribution in [3.05, 3.63) is 64.5 Å². The molecule has 25 heavy (non-hydrogen) atoms. The van der Waals surface area contributed by atoms with Crippen LogP contribution >= 0.6 is 0 Å². The Morgan fingerprint density at radius 2 is 2.16 bits per heavy atom. The molecule has 1 aliphatic heterocycles. The van der Waals surface area contributed by atoms with E-state index in [1.165, 1.54) is 12.4 Å². The Kier molecular flexibility index (Phi) is 3.68. The number of anilines is 1. The van der Waals surface area contributed by atoms with Gasteiger partial charge in [0.15, 0.2) is 0 Å². The zero-order chi connectivity index (χ0) is 17.4. The first-order chi connectivity index (χ1) is 12.1. The molecule has 1 unspecified atom stereocenters. The van der Waals surface area contributed by atoms with E-state index < -0.39 is 17.3 Å². The van der Waals surface area contributed by atoms with E-state index in [0.29, 0.717) is 6.42 Å². The molecule has 2 N–H and O–H groups in total. The molecule has 4 rings (SSSR count). The number of hydrogen-bond acceptors (Lipinski definition) is 4. The van der Waals surface area contributed by atoms with E-state index in [1.807, 2.05) is 24.3 Å². The molecule has 0 saturated heterocycles. The molecule has 0 saturated carbocycles. The van der Waals surface area contributed by atoms with Gasteiger partial charge in [-0.25, -0.2) is 9.37 Å². The normalized spacial score (nSPS) is 16.1. The van der Waals surface area contributed by atoms with Gasteiger partial charge >= 0.3 is 0 Å². The highest BCUT2D eigenvalue weighted by molar-refractivity contribution is 5.95. The van der Waals surface area contributed by atoms with Gasteiger partial charge in [0, 0.05) is 6.07 Å². The van der Waals surface area contributed by atoms with Gasteiger partial charge in [0.05, 0.1) is 28.8 Å². The zero-order valence-electron chi connectivity index (χ0n) is 13.1. The van der Waals surface area contributed by atoms with E-state index in [1.54, 1.807) is 0 Å². The number of nitrogens with zero attached hydrogens (tertiary/aromatic N) is 1. The van der Waals surface area contributed by atoms with Crippen molar-refractivity contribution < 1.29 is 13.9 Å².